The second kappa shape index (κ2) is 13.6. The molecule has 0 saturated carbocycles. The zero-order valence-corrected chi connectivity index (χ0v) is 18.3. The van der Waals surface area contributed by atoms with E-state index in [1.54, 1.807) is 0 Å². The van der Waals surface area contributed by atoms with Gasteiger partial charge in [0, 0.05) is 19.0 Å². The lowest BCUT2D eigenvalue weighted by Gasteiger charge is -2.26. The fourth-order valence-corrected chi connectivity index (χ4v) is 4.19. The number of aliphatic hydroxyl groups excluding tert-OH is 2. The highest BCUT2D eigenvalue weighted by Crippen LogP contribution is 2.25. The van der Waals surface area contributed by atoms with Gasteiger partial charge in [0.25, 0.3) is 0 Å². The molecule has 168 valence electrons. The van der Waals surface area contributed by atoms with E-state index in [1.807, 2.05) is 12.1 Å². The average Bonchev–Trinajstić information content (AvgIpc) is 3.08. The van der Waals surface area contributed by atoms with Crippen molar-refractivity contribution in [2.45, 2.75) is 89.5 Å². The number of likely N-dealkylation sites (tertiary alicyclic amines) is 1. The third-order valence-corrected chi connectivity index (χ3v) is 6.17. The number of benzene rings is 1. The van der Waals surface area contributed by atoms with Crippen molar-refractivity contribution >= 4 is 5.97 Å². The van der Waals surface area contributed by atoms with Crippen molar-refractivity contribution in [1.29, 1.82) is 0 Å². The van der Waals surface area contributed by atoms with E-state index in [-0.39, 0.29) is 18.4 Å². The fraction of sp³-hybridized carbons (Fsp3) is 0.640. The van der Waals surface area contributed by atoms with E-state index in [1.165, 1.54) is 5.56 Å². The van der Waals surface area contributed by atoms with Crippen LogP contribution < -0.4 is 0 Å². The molecule has 4 atom stereocenters. The van der Waals surface area contributed by atoms with Crippen LogP contribution in [0, 0.1) is 5.92 Å². The average molecular weight is 418 g/mol. The molecule has 1 aliphatic heterocycles. The number of carboxylic acids is 1. The van der Waals surface area contributed by atoms with Crippen LogP contribution in [0.25, 0.3) is 0 Å². The summed E-state index contributed by atoms with van der Waals surface area (Å²) in [6, 6.07) is 10.6. The molecular formula is C25H39NO4. The smallest absolute Gasteiger partial charge is 0.303 e. The number of aliphatic hydroxyl groups is 2. The van der Waals surface area contributed by atoms with Crippen molar-refractivity contribution < 1.29 is 20.1 Å². The van der Waals surface area contributed by atoms with E-state index in [4.69, 9.17) is 5.11 Å². The normalized spacial score (nSPS) is 21.8. The SMILES string of the molecule is C[C@@H](CCCc1ccccc1)[C@H](O)/C=C/[C@H]1CCC(O)N1CCCCCCC(=O)O. The zero-order valence-electron chi connectivity index (χ0n) is 18.3. The number of nitrogens with zero attached hydrogens (tertiary/aromatic N) is 1. The lowest BCUT2D eigenvalue weighted by atomic mass is 9.95. The quantitative estimate of drug-likeness (QED) is 0.309. The van der Waals surface area contributed by atoms with Crippen LogP contribution in [0.2, 0.25) is 0 Å². The van der Waals surface area contributed by atoms with E-state index < -0.39 is 18.3 Å². The number of hydrogen-bond donors (Lipinski definition) is 3. The van der Waals surface area contributed by atoms with Crippen LogP contribution in [0.4, 0.5) is 0 Å². The summed E-state index contributed by atoms with van der Waals surface area (Å²) in [5, 5.41) is 29.5. The van der Waals surface area contributed by atoms with Crippen molar-refractivity contribution in [2.75, 3.05) is 6.54 Å². The number of aliphatic carboxylic acids is 1. The molecule has 1 aliphatic rings. The van der Waals surface area contributed by atoms with Gasteiger partial charge in [-0.1, -0.05) is 62.2 Å². The lowest BCUT2D eigenvalue weighted by Crippen LogP contribution is -2.36. The molecule has 5 heteroatoms. The maximum atomic E-state index is 10.6. The van der Waals surface area contributed by atoms with Crippen LogP contribution in [0.3, 0.4) is 0 Å². The van der Waals surface area contributed by atoms with E-state index in [0.717, 1.165) is 64.3 Å². The third-order valence-electron chi connectivity index (χ3n) is 6.17. The van der Waals surface area contributed by atoms with Crippen LogP contribution >= 0.6 is 0 Å². The van der Waals surface area contributed by atoms with Crippen molar-refractivity contribution in [1.82, 2.24) is 4.90 Å². The first-order chi connectivity index (χ1) is 14.5. The molecule has 0 aromatic heterocycles. The number of rotatable bonds is 14. The van der Waals surface area contributed by atoms with Gasteiger partial charge in [-0.2, -0.15) is 0 Å². The Balaban J connectivity index is 1.69. The number of unbranched alkanes of at least 4 members (excludes halogenated alkanes) is 3. The second-order valence-corrected chi connectivity index (χ2v) is 8.65. The van der Waals surface area contributed by atoms with Gasteiger partial charge in [0.2, 0.25) is 0 Å². The van der Waals surface area contributed by atoms with E-state index in [9.17, 15) is 15.0 Å². The highest BCUT2D eigenvalue weighted by Gasteiger charge is 2.29. The molecule has 2 rings (SSSR count). The van der Waals surface area contributed by atoms with Crippen LogP contribution in [-0.2, 0) is 11.2 Å². The molecule has 1 aromatic rings. The van der Waals surface area contributed by atoms with Gasteiger partial charge >= 0.3 is 5.97 Å². The maximum Gasteiger partial charge on any atom is 0.303 e. The van der Waals surface area contributed by atoms with E-state index >= 15 is 0 Å². The molecule has 0 amide bonds. The number of carbonyl (C=O) groups is 1. The summed E-state index contributed by atoms with van der Waals surface area (Å²) in [5.41, 5.74) is 1.34. The summed E-state index contributed by atoms with van der Waals surface area (Å²) >= 11 is 0. The topological polar surface area (TPSA) is 81.0 Å². The Bertz CT molecular complexity index is 633. The van der Waals surface area contributed by atoms with Crippen LogP contribution in [0.15, 0.2) is 42.5 Å². The van der Waals surface area contributed by atoms with Crippen molar-refractivity contribution in [3.05, 3.63) is 48.0 Å². The minimum absolute atomic E-state index is 0.171. The summed E-state index contributed by atoms with van der Waals surface area (Å²) in [6.07, 6.45) is 11.7. The van der Waals surface area contributed by atoms with E-state index in [2.05, 4.69) is 42.2 Å². The number of carboxylic acid groups (broad SMARTS) is 1. The third kappa shape index (κ3) is 8.99. The Morgan fingerprint density at radius 2 is 1.87 bits per heavy atom. The van der Waals surface area contributed by atoms with E-state index in [0.29, 0.717) is 0 Å². The highest BCUT2D eigenvalue weighted by atomic mass is 16.4. The molecule has 1 saturated heterocycles. The Morgan fingerprint density at radius 3 is 2.60 bits per heavy atom. The molecule has 1 fully saturated rings. The maximum absolute atomic E-state index is 10.6. The van der Waals surface area contributed by atoms with Crippen LogP contribution in [-0.4, -0.2) is 51.1 Å². The largest absolute Gasteiger partial charge is 0.481 e. The summed E-state index contributed by atoms with van der Waals surface area (Å²) in [5.74, 6) is -0.526. The molecule has 0 aliphatic carbocycles. The van der Waals surface area contributed by atoms with Gasteiger partial charge in [-0.25, -0.2) is 0 Å². The van der Waals surface area contributed by atoms with Gasteiger partial charge in [0.1, 0.15) is 6.23 Å². The standard InChI is InChI=1S/C25H39NO4/c1-20(10-9-13-21-11-5-4-6-12-21)23(27)17-15-22-16-18-24(28)26(22)19-8-3-2-7-14-25(29)30/h4-6,11-12,15,17,20,22-24,27-28H,2-3,7-10,13-14,16,18-19H2,1H3,(H,29,30)/b17-15+/t20-,22-,23+,24?/m0/s1. The predicted octanol–water partition coefficient (Wildman–Crippen LogP) is 4.38. The molecule has 3 N–H and O–H groups in total. The minimum atomic E-state index is -0.733. The Kier molecular flexibility index (Phi) is 11.1. The molecule has 5 nitrogen and oxygen atoms in total. The van der Waals surface area contributed by atoms with Gasteiger partial charge in [-0.3, -0.25) is 9.69 Å². The fourth-order valence-electron chi connectivity index (χ4n) is 4.19. The Morgan fingerprint density at radius 1 is 1.13 bits per heavy atom. The molecule has 1 heterocycles. The zero-order chi connectivity index (χ0) is 21.8. The molecule has 0 bridgehead atoms. The summed E-state index contributed by atoms with van der Waals surface area (Å²) in [4.78, 5) is 12.7. The number of aryl methyl sites for hydroxylation is 1. The lowest BCUT2D eigenvalue weighted by molar-refractivity contribution is -0.137. The van der Waals surface area contributed by atoms with Crippen molar-refractivity contribution in [2.24, 2.45) is 5.92 Å². The molecule has 1 aromatic carbocycles. The molecule has 0 radical (unpaired) electrons. The molecule has 30 heavy (non-hydrogen) atoms. The van der Waals surface area contributed by atoms with Gasteiger partial charge in [0.15, 0.2) is 0 Å². The van der Waals surface area contributed by atoms with Crippen molar-refractivity contribution in [3.8, 4) is 0 Å². The van der Waals surface area contributed by atoms with Crippen molar-refractivity contribution in [3.63, 3.8) is 0 Å². The molecular weight excluding hydrogens is 378 g/mol. The summed E-state index contributed by atoms with van der Waals surface area (Å²) in [6.45, 7) is 2.91. The van der Waals surface area contributed by atoms with Gasteiger partial charge in [0.05, 0.1) is 6.10 Å². The minimum Gasteiger partial charge on any atom is -0.481 e. The van der Waals surface area contributed by atoms with Gasteiger partial charge in [-0.05, 0) is 56.4 Å². The highest BCUT2D eigenvalue weighted by molar-refractivity contribution is 5.66. The van der Waals surface area contributed by atoms with Crippen LogP contribution in [0.1, 0.15) is 70.3 Å². The predicted molar refractivity (Wildman–Crippen MR) is 120 cm³/mol. The van der Waals surface area contributed by atoms with Gasteiger partial charge in [-0.15, -0.1) is 0 Å². The Hall–Kier alpha value is -1.69. The number of hydrogen-bond acceptors (Lipinski definition) is 4. The first kappa shape index (κ1) is 24.6. The van der Waals surface area contributed by atoms with Crippen LogP contribution in [0.5, 0.6) is 0 Å². The molecule has 1 unspecified atom stereocenters. The first-order valence-electron chi connectivity index (χ1n) is 11.5. The first-order valence-corrected chi connectivity index (χ1v) is 11.5. The summed E-state index contributed by atoms with van der Waals surface area (Å²) in [7, 11) is 0. The summed E-state index contributed by atoms with van der Waals surface area (Å²) < 4.78 is 0. The Labute approximate surface area is 181 Å². The monoisotopic (exact) mass is 417 g/mol. The molecule has 0 spiro atoms. The van der Waals surface area contributed by atoms with Gasteiger partial charge < -0.3 is 15.3 Å². The second-order valence-electron chi connectivity index (χ2n) is 8.65.